The number of carbonyl (C=O) groups excluding carboxylic acids is 3. The molecule has 0 bridgehead atoms. The summed E-state index contributed by atoms with van der Waals surface area (Å²) in [6.45, 7) is 3.50. The molecule has 4 rings (SSSR count). The Morgan fingerprint density at radius 2 is 2.00 bits per heavy atom. The SMILES string of the molecule is Cc1ccc(COc2cccc3c2CN(C2CCC(C(=O)C=O)NC2)C3=O)cc1. The van der Waals surface area contributed by atoms with Gasteiger partial charge in [0.25, 0.3) is 5.91 Å². The Bertz CT molecular complexity index is 930. The first-order valence-corrected chi connectivity index (χ1v) is 9.90. The Labute approximate surface area is 169 Å². The highest BCUT2D eigenvalue weighted by atomic mass is 16.5. The second-order valence-corrected chi connectivity index (χ2v) is 7.70. The van der Waals surface area contributed by atoms with Gasteiger partial charge in [-0.05, 0) is 37.5 Å². The molecule has 2 unspecified atom stereocenters. The van der Waals surface area contributed by atoms with E-state index < -0.39 is 11.8 Å². The molecule has 1 amide bonds. The first-order valence-electron chi connectivity index (χ1n) is 9.90. The monoisotopic (exact) mass is 392 g/mol. The number of benzene rings is 2. The molecule has 0 spiro atoms. The molecule has 6 nitrogen and oxygen atoms in total. The van der Waals surface area contributed by atoms with Crippen molar-refractivity contribution in [1.29, 1.82) is 0 Å². The summed E-state index contributed by atoms with van der Waals surface area (Å²) in [5.41, 5.74) is 3.87. The number of hydrogen-bond acceptors (Lipinski definition) is 5. The van der Waals surface area contributed by atoms with Gasteiger partial charge in [-0.25, -0.2) is 0 Å². The second-order valence-electron chi connectivity index (χ2n) is 7.70. The highest BCUT2D eigenvalue weighted by Crippen LogP contribution is 2.34. The molecule has 2 aromatic rings. The topological polar surface area (TPSA) is 75.7 Å². The van der Waals surface area contributed by atoms with Gasteiger partial charge < -0.3 is 15.0 Å². The van der Waals surface area contributed by atoms with Gasteiger partial charge in [0.05, 0.1) is 12.6 Å². The lowest BCUT2D eigenvalue weighted by Crippen LogP contribution is -2.52. The summed E-state index contributed by atoms with van der Waals surface area (Å²) < 4.78 is 6.04. The van der Waals surface area contributed by atoms with Gasteiger partial charge in [-0.2, -0.15) is 0 Å². The number of nitrogens with zero attached hydrogens (tertiary/aromatic N) is 1. The molecular formula is C23H24N2O4. The third kappa shape index (κ3) is 3.93. The van der Waals surface area contributed by atoms with Crippen LogP contribution in [-0.2, 0) is 22.7 Å². The van der Waals surface area contributed by atoms with Gasteiger partial charge in [0.1, 0.15) is 12.4 Å². The van der Waals surface area contributed by atoms with E-state index in [1.54, 1.807) is 0 Å². The van der Waals surface area contributed by atoms with E-state index in [1.165, 1.54) is 5.56 Å². The van der Waals surface area contributed by atoms with Gasteiger partial charge >= 0.3 is 0 Å². The van der Waals surface area contributed by atoms with Gasteiger partial charge in [0, 0.05) is 23.7 Å². The minimum atomic E-state index is -0.433. The summed E-state index contributed by atoms with van der Waals surface area (Å²) in [6.07, 6.45) is 1.61. The summed E-state index contributed by atoms with van der Waals surface area (Å²) in [5.74, 6) is 0.302. The van der Waals surface area contributed by atoms with Crippen LogP contribution in [-0.4, -0.2) is 41.5 Å². The Balaban J connectivity index is 1.44. The van der Waals surface area contributed by atoms with E-state index >= 15 is 0 Å². The third-order valence-corrected chi connectivity index (χ3v) is 5.76. The fourth-order valence-corrected chi connectivity index (χ4v) is 4.03. The molecule has 1 saturated heterocycles. The summed E-state index contributed by atoms with van der Waals surface area (Å²) >= 11 is 0. The molecule has 0 radical (unpaired) electrons. The maximum Gasteiger partial charge on any atom is 0.254 e. The number of carbonyl (C=O) groups is 3. The van der Waals surface area contributed by atoms with Gasteiger partial charge in [0.15, 0.2) is 6.29 Å². The number of ether oxygens (including phenoxy) is 1. The predicted octanol–water partition coefficient (Wildman–Crippen LogP) is 2.42. The number of aldehydes is 1. The molecule has 2 aromatic carbocycles. The zero-order chi connectivity index (χ0) is 20.4. The normalized spacial score (nSPS) is 21.0. The summed E-state index contributed by atoms with van der Waals surface area (Å²) in [5, 5.41) is 3.10. The minimum absolute atomic E-state index is 0.00412. The lowest BCUT2D eigenvalue weighted by atomic mass is 9.97. The Morgan fingerprint density at radius 1 is 1.21 bits per heavy atom. The van der Waals surface area contributed by atoms with Crippen molar-refractivity contribution >= 4 is 18.0 Å². The quantitative estimate of drug-likeness (QED) is 0.604. The lowest BCUT2D eigenvalue weighted by Gasteiger charge is -2.34. The van der Waals surface area contributed by atoms with Crippen LogP contribution in [0.25, 0.3) is 0 Å². The van der Waals surface area contributed by atoms with Crippen molar-refractivity contribution in [3.63, 3.8) is 0 Å². The molecule has 150 valence electrons. The van der Waals surface area contributed by atoms with E-state index in [4.69, 9.17) is 4.74 Å². The average Bonchev–Trinajstić information content (AvgIpc) is 3.10. The largest absolute Gasteiger partial charge is 0.489 e. The van der Waals surface area contributed by atoms with Crippen molar-refractivity contribution in [1.82, 2.24) is 10.2 Å². The van der Waals surface area contributed by atoms with Crippen LogP contribution in [0.15, 0.2) is 42.5 Å². The van der Waals surface area contributed by atoms with Crippen LogP contribution in [0.5, 0.6) is 5.75 Å². The van der Waals surface area contributed by atoms with E-state index in [9.17, 15) is 14.4 Å². The van der Waals surface area contributed by atoms with Crippen LogP contribution >= 0.6 is 0 Å². The number of rotatable bonds is 6. The van der Waals surface area contributed by atoms with Gasteiger partial charge in [0.2, 0.25) is 5.78 Å². The van der Waals surface area contributed by atoms with Crippen molar-refractivity contribution < 1.29 is 19.1 Å². The molecule has 29 heavy (non-hydrogen) atoms. The zero-order valence-electron chi connectivity index (χ0n) is 16.4. The molecule has 0 aromatic heterocycles. The van der Waals surface area contributed by atoms with Crippen LogP contribution in [0.3, 0.4) is 0 Å². The van der Waals surface area contributed by atoms with Gasteiger partial charge in [-0.1, -0.05) is 35.9 Å². The molecule has 2 aliphatic rings. The molecule has 1 fully saturated rings. The van der Waals surface area contributed by atoms with Gasteiger partial charge in [-0.3, -0.25) is 14.4 Å². The fraction of sp³-hybridized carbons (Fsp3) is 0.348. The number of piperidine rings is 1. The molecular weight excluding hydrogens is 368 g/mol. The highest BCUT2D eigenvalue weighted by molar-refractivity contribution is 6.27. The Hall–Kier alpha value is -2.99. The minimum Gasteiger partial charge on any atom is -0.489 e. The number of fused-ring (bicyclic) bond motifs is 1. The molecule has 2 aliphatic heterocycles. The standard InChI is InChI=1S/C23H24N2O4/c1-15-5-7-16(8-6-15)14-29-22-4-2-3-18-19(22)12-25(23(18)28)17-9-10-20(24-11-17)21(27)13-26/h2-8,13,17,20,24H,9-12,14H2,1H3. The van der Waals surface area contributed by atoms with Crippen LogP contribution in [0.2, 0.25) is 0 Å². The maximum atomic E-state index is 13.0. The van der Waals surface area contributed by atoms with Crippen LogP contribution in [0.1, 0.15) is 39.9 Å². The smallest absolute Gasteiger partial charge is 0.254 e. The summed E-state index contributed by atoms with van der Waals surface area (Å²) in [4.78, 5) is 37.1. The number of ketones is 1. The third-order valence-electron chi connectivity index (χ3n) is 5.76. The van der Waals surface area contributed by atoms with Crippen LogP contribution < -0.4 is 10.1 Å². The van der Waals surface area contributed by atoms with Crippen molar-refractivity contribution in [3.05, 3.63) is 64.7 Å². The van der Waals surface area contributed by atoms with E-state index in [1.807, 2.05) is 42.2 Å². The highest BCUT2D eigenvalue weighted by Gasteiger charge is 2.37. The van der Waals surface area contributed by atoms with E-state index in [-0.39, 0.29) is 11.9 Å². The van der Waals surface area contributed by atoms with Crippen molar-refractivity contribution in [2.24, 2.45) is 0 Å². The lowest BCUT2D eigenvalue weighted by molar-refractivity contribution is -0.131. The predicted molar refractivity (Wildman–Crippen MR) is 108 cm³/mol. The average molecular weight is 392 g/mol. The van der Waals surface area contributed by atoms with Crippen molar-refractivity contribution in [2.75, 3.05) is 6.54 Å². The number of nitrogens with one attached hydrogen (secondary N) is 1. The number of hydrogen-bond donors (Lipinski definition) is 1. The van der Waals surface area contributed by atoms with E-state index in [0.717, 1.165) is 16.9 Å². The molecule has 2 heterocycles. The molecule has 2 atom stereocenters. The Kier molecular flexibility index (Phi) is 5.45. The Morgan fingerprint density at radius 3 is 2.69 bits per heavy atom. The molecule has 6 heteroatoms. The summed E-state index contributed by atoms with van der Waals surface area (Å²) in [7, 11) is 0. The van der Waals surface area contributed by atoms with Crippen LogP contribution in [0, 0.1) is 6.92 Å². The van der Waals surface area contributed by atoms with E-state index in [0.29, 0.717) is 44.4 Å². The van der Waals surface area contributed by atoms with Crippen molar-refractivity contribution in [2.45, 2.75) is 45.0 Å². The number of amides is 1. The first-order chi connectivity index (χ1) is 14.1. The second kappa shape index (κ2) is 8.17. The molecule has 1 N–H and O–H groups in total. The molecule has 0 aliphatic carbocycles. The van der Waals surface area contributed by atoms with E-state index in [2.05, 4.69) is 17.4 Å². The van der Waals surface area contributed by atoms with Gasteiger partial charge in [-0.15, -0.1) is 0 Å². The zero-order valence-corrected chi connectivity index (χ0v) is 16.4. The summed E-state index contributed by atoms with van der Waals surface area (Å²) in [6, 6.07) is 13.3. The first kappa shape index (κ1) is 19.3. The van der Waals surface area contributed by atoms with Crippen molar-refractivity contribution in [3.8, 4) is 5.75 Å². The van der Waals surface area contributed by atoms with Crippen LogP contribution in [0.4, 0.5) is 0 Å². The fourth-order valence-electron chi connectivity index (χ4n) is 4.03. The maximum absolute atomic E-state index is 13.0. The number of aryl methyl sites for hydroxylation is 1. The number of Topliss-reactive ketones (excluding diaryl/α,β-unsaturated/α-hetero) is 1. The molecule has 0 saturated carbocycles.